The second kappa shape index (κ2) is 7.52. The van der Waals surface area contributed by atoms with Gasteiger partial charge in [0, 0.05) is 16.8 Å². The van der Waals surface area contributed by atoms with Crippen molar-refractivity contribution in [2.75, 3.05) is 11.5 Å². The number of hydrogen-bond donors (Lipinski definition) is 1. The first kappa shape index (κ1) is 15.9. The SMILES string of the molecule is CCCCSc1nc(N)cc(=O)n1Cc1ccc(Cl)cc1. The molecule has 1 aromatic heterocycles. The predicted octanol–water partition coefficient (Wildman–Crippen LogP) is 3.42. The van der Waals surface area contributed by atoms with Crippen LogP contribution in [-0.2, 0) is 6.54 Å². The van der Waals surface area contributed by atoms with Crippen LogP contribution < -0.4 is 11.3 Å². The molecule has 1 heterocycles. The normalized spacial score (nSPS) is 10.8. The Morgan fingerprint density at radius 2 is 2.05 bits per heavy atom. The summed E-state index contributed by atoms with van der Waals surface area (Å²) >= 11 is 7.45. The fourth-order valence-electron chi connectivity index (χ4n) is 1.84. The van der Waals surface area contributed by atoms with Gasteiger partial charge in [0.1, 0.15) is 5.82 Å². The van der Waals surface area contributed by atoms with Crippen LogP contribution in [0.5, 0.6) is 0 Å². The van der Waals surface area contributed by atoms with E-state index in [2.05, 4.69) is 11.9 Å². The third-order valence-electron chi connectivity index (χ3n) is 2.98. The minimum absolute atomic E-state index is 0.128. The van der Waals surface area contributed by atoms with Crippen molar-refractivity contribution in [2.24, 2.45) is 0 Å². The summed E-state index contributed by atoms with van der Waals surface area (Å²) in [7, 11) is 0. The molecule has 0 atom stereocenters. The molecule has 0 amide bonds. The van der Waals surface area contributed by atoms with E-state index in [0.29, 0.717) is 16.7 Å². The maximum Gasteiger partial charge on any atom is 0.256 e. The Kier molecular flexibility index (Phi) is 5.70. The fourth-order valence-corrected chi connectivity index (χ4v) is 3.06. The molecule has 0 aliphatic carbocycles. The van der Waals surface area contributed by atoms with E-state index in [1.807, 2.05) is 24.3 Å². The summed E-state index contributed by atoms with van der Waals surface area (Å²) in [6.45, 7) is 2.60. The lowest BCUT2D eigenvalue weighted by Crippen LogP contribution is -2.23. The summed E-state index contributed by atoms with van der Waals surface area (Å²) in [6, 6.07) is 8.81. The molecule has 21 heavy (non-hydrogen) atoms. The Morgan fingerprint density at radius 1 is 1.33 bits per heavy atom. The Morgan fingerprint density at radius 3 is 2.71 bits per heavy atom. The number of anilines is 1. The minimum atomic E-state index is -0.128. The Bertz CT molecular complexity index is 655. The van der Waals surface area contributed by atoms with E-state index in [0.717, 1.165) is 24.2 Å². The van der Waals surface area contributed by atoms with Gasteiger partial charge >= 0.3 is 0 Å². The molecule has 1 aromatic carbocycles. The average Bonchev–Trinajstić information content (AvgIpc) is 2.45. The number of nitrogens with two attached hydrogens (primary N) is 1. The lowest BCUT2D eigenvalue weighted by molar-refractivity contribution is 0.647. The number of benzene rings is 1. The van der Waals surface area contributed by atoms with Crippen molar-refractivity contribution in [3.05, 3.63) is 51.3 Å². The van der Waals surface area contributed by atoms with Crippen LogP contribution in [0.3, 0.4) is 0 Å². The molecular weight excluding hydrogens is 306 g/mol. The maximum absolute atomic E-state index is 12.2. The van der Waals surface area contributed by atoms with E-state index in [4.69, 9.17) is 17.3 Å². The van der Waals surface area contributed by atoms with Crippen LogP contribution in [0.15, 0.2) is 40.3 Å². The van der Waals surface area contributed by atoms with Gasteiger partial charge < -0.3 is 5.73 Å². The summed E-state index contributed by atoms with van der Waals surface area (Å²) in [5, 5.41) is 1.35. The van der Waals surface area contributed by atoms with Gasteiger partial charge in [-0.1, -0.05) is 48.8 Å². The molecule has 0 unspecified atom stereocenters. The van der Waals surface area contributed by atoms with Crippen molar-refractivity contribution in [1.82, 2.24) is 9.55 Å². The molecule has 4 nitrogen and oxygen atoms in total. The molecular formula is C15H18ClN3OS. The molecule has 0 aliphatic rings. The van der Waals surface area contributed by atoms with Crippen molar-refractivity contribution < 1.29 is 0 Å². The number of thioether (sulfide) groups is 1. The molecule has 112 valence electrons. The summed E-state index contributed by atoms with van der Waals surface area (Å²) in [4.78, 5) is 16.5. The third-order valence-corrected chi connectivity index (χ3v) is 4.29. The standard InChI is InChI=1S/C15H18ClN3OS/c1-2-3-8-21-15-18-13(17)9-14(20)19(15)10-11-4-6-12(16)7-5-11/h4-7,9H,2-3,8,10,17H2,1H3. The Labute approximate surface area is 133 Å². The highest BCUT2D eigenvalue weighted by Crippen LogP contribution is 2.18. The number of unbranched alkanes of at least 4 members (excludes halogenated alkanes) is 1. The summed E-state index contributed by atoms with van der Waals surface area (Å²) < 4.78 is 1.65. The van der Waals surface area contributed by atoms with E-state index in [9.17, 15) is 4.79 Å². The number of hydrogen-bond acceptors (Lipinski definition) is 4. The Hall–Kier alpha value is -1.46. The van der Waals surface area contributed by atoms with Gasteiger partial charge in [-0.05, 0) is 24.1 Å². The highest BCUT2D eigenvalue weighted by molar-refractivity contribution is 7.99. The smallest absolute Gasteiger partial charge is 0.256 e. The molecule has 2 aromatic rings. The van der Waals surface area contributed by atoms with Gasteiger partial charge in [0.2, 0.25) is 0 Å². The van der Waals surface area contributed by atoms with Crippen LogP contribution in [0.25, 0.3) is 0 Å². The van der Waals surface area contributed by atoms with Crippen LogP contribution in [0.1, 0.15) is 25.3 Å². The van der Waals surface area contributed by atoms with Crippen molar-refractivity contribution in [3.63, 3.8) is 0 Å². The zero-order chi connectivity index (χ0) is 15.2. The van der Waals surface area contributed by atoms with Gasteiger partial charge in [-0.25, -0.2) is 4.98 Å². The quantitative estimate of drug-likeness (QED) is 0.502. The van der Waals surface area contributed by atoms with E-state index >= 15 is 0 Å². The molecule has 0 spiro atoms. The highest BCUT2D eigenvalue weighted by Gasteiger charge is 2.09. The molecule has 0 fully saturated rings. The van der Waals surface area contributed by atoms with Crippen molar-refractivity contribution in [1.29, 1.82) is 0 Å². The minimum Gasteiger partial charge on any atom is -0.383 e. The van der Waals surface area contributed by atoms with Crippen LogP contribution in [-0.4, -0.2) is 15.3 Å². The first-order valence-electron chi connectivity index (χ1n) is 6.84. The number of aromatic nitrogens is 2. The van der Waals surface area contributed by atoms with Gasteiger partial charge in [-0.15, -0.1) is 0 Å². The first-order valence-corrected chi connectivity index (χ1v) is 8.21. The van der Waals surface area contributed by atoms with Gasteiger partial charge in [0.15, 0.2) is 5.16 Å². The maximum atomic E-state index is 12.2. The molecule has 0 saturated carbocycles. The molecule has 0 saturated heterocycles. The zero-order valence-electron chi connectivity index (χ0n) is 11.9. The second-order valence-corrected chi connectivity index (χ2v) is 6.21. The number of nitrogen functional groups attached to an aromatic ring is 1. The topological polar surface area (TPSA) is 60.9 Å². The lowest BCUT2D eigenvalue weighted by atomic mass is 10.2. The zero-order valence-corrected chi connectivity index (χ0v) is 13.5. The number of rotatable bonds is 6. The van der Waals surface area contributed by atoms with Crippen LogP contribution in [0.4, 0.5) is 5.82 Å². The van der Waals surface area contributed by atoms with Gasteiger partial charge in [-0.3, -0.25) is 9.36 Å². The van der Waals surface area contributed by atoms with Crippen LogP contribution in [0, 0.1) is 0 Å². The fraction of sp³-hybridized carbons (Fsp3) is 0.333. The summed E-state index contributed by atoms with van der Waals surface area (Å²) in [5.41, 5.74) is 6.57. The van der Waals surface area contributed by atoms with Crippen LogP contribution >= 0.6 is 23.4 Å². The van der Waals surface area contributed by atoms with E-state index < -0.39 is 0 Å². The number of nitrogens with zero attached hydrogens (tertiary/aromatic N) is 2. The van der Waals surface area contributed by atoms with Crippen LogP contribution in [0.2, 0.25) is 5.02 Å². The molecule has 0 radical (unpaired) electrons. The molecule has 0 aliphatic heterocycles. The van der Waals surface area contributed by atoms with Crippen molar-refractivity contribution in [3.8, 4) is 0 Å². The third kappa shape index (κ3) is 4.51. The van der Waals surface area contributed by atoms with Gasteiger partial charge in [0.25, 0.3) is 5.56 Å². The summed E-state index contributed by atoms with van der Waals surface area (Å²) in [5.74, 6) is 1.19. The Balaban J connectivity index is 2.27. The number of halogens is 1. The van der Waals surface area contributed by atoms with Gasteiger partial charge in [0.05, 0.1) is 6.54 Å². The molecule has 6 heteroatoms. The van der Waals surface area contributed by atoms with Crippen molar-refractivity contribution in [2.45, 2.75) is 31.5 Å². The van der Waals surface area contributed by atoms with Crippen molar-refractivity contribution >= 4 is 29.2 Å². The van der Waals surface area contributed by atoms with Gasteiger partial charge in [-0.2, -0.15) is 0 Å². The highest BCUT2D eigenvalue weighted by atomic mass is 35.5. The molecule has 0 bridgehead atoms. The van der Waals surface area contributed by atoms with E-state index in [1.165, 1.54) is 6.07 Å². The molecule has 2 rings (SSSR count). The van der Waals surface area contributed by atoms with E-state index in [-0.39, 0.29) is 11.4 Å². The average molecular weight is 324 g/mol. The largest absolute Gasteiger partial charge is 0.383 e. The monoisotopic (exact) mass is 323 g/mol. The lowest BCUT2D eigenvalue weighted by Gasteiger charge is -2.12. The first-order chi connectivity index (χ1) is 10.1. The molecule has 2 N–H and O–H groups in total. The second-order valence-electron chi connectivity index (χ2n) is 4.72. The van der Waals surface area contributed by atoms with E-state index in [1.54, 1.807) is 16.3 Å². The summed E-state index contributed by atoms with van der Waals surface area (Å²) in [6.07, 6.45) is 2.19. The predicted molar refractivity (Wildman–Crippen MR) is 89.1 cm³/mol.